The summed E-state index contributed by atoms with van der Waals surface area (Å²) >= 11 is 0.809. The molecule has 0 aromatic heterocycles. The van der Waals surface area contributed by atoms with Gasteiger partial charge in [0.1, 0.15) is 4.90 Å². The average molecular weight is 589 g/mol. The molecule has 1 heterocycles. The molecule has 4 aromatic rings. The molecular formula is C30H24N2O7S2. The molecule has 1 saturated heterocycles. The Morgan fingerprint density at radius 1 is 0.927 bits per heavy atom. The van der Waals surface area contributed by atoms with E-state index in [2.05, 4.69) is 5.32 Å². The standard InChI is InChI=1S/C30H24N2O7S2/c1-19(33)31-24-10-12-25(13-11-24)41(36,37)39-27-16-20(8-14-26(27)38-2)17-28-29(34)32(30(35)40-28)18-21-7-9-22-5-3-4-6-23(22)15-21/h3-17H,18H2,1-2H3,(H,31,33)/b28-17-. The fraction of sp³-hybridized carbons (Fsp3) is 0.100. The molecule has 4 aromatic carbocycles. The van der Waals surface area contributed by atoms with Crippen molar-refractivity contribution in [1.29, 1.82) is 0 Å². The SMILES string of the molecule is COc1ccc(/C=C2\SC(=O)N(Cc3ccc4ccccc4c3)C2=O)cc1OS(=O)(=O)c1ccc(NC(C)=O)cc1. The Morgan fingerprint density at radius 3 is 2.37 bits per heavy atom. The summed E-state index contributed by atoms with van der Waals surface area (Å²) < 4.78 is 36.6. The number of carbonyl (C=O) groups is 3. The molecule has 3 amide bonds. The number of carbonyl (C=O) groups excluding carboxylic acids is 3. The van der Waals surface area contributed by atoms with E-state index in [1.165, 1.54) is 61.4 Å². The molecule has 11 heteroatoms. The fourth-order valence-electron chi connectivity index (χ4n) is 4.23. The van der Waals surface area contributed by atoms with Gasteiger partial charge in [-0.1, -0.05) is 42.5 Å². The molecule has 1 N–H and O–H groups in total. The van der Waals surface area contributed by atoms with Crippen LogP contribution in [0, 0.1) is 0 Å². The maximum atomic E-state index is 13.1. The van der Waals surface area contributed by atoms with Gasteiger partial charge in [-0.25, -0.2) is 0 Å². The minimum atomic E-state index is -4.26. The Morgan fingerprint density at radius 2 is 1.66 bits per heavy atom. The molecule has 0 spiro atoms. The number of hydrogen-bond donors (Lipinski definition) is 1. The van der Waals surface area contributed by atoms with E-state index >= 15 is 0 Å². The third-order valence-corrected chi connectivity index (χ3v) is 8.33. The predicted octanol–water partition coefficient (Wildman–Crippen LogP) is 5.81. The van der Waals surface area contributed by atoms with E-state index in [1.54, 1.807) is 6.07 Å². The van der Waals surface area contributed by atoms with E-state index in [9.17, 15) is 22.8 Å². The van der Waals surface area contributed by atoms with Gasteiger partial charge in [-0.3, -0.25) is 19.3 Å². The number of thioether (sulfide) groups is 1. The first-order chi connectivity index (χ1) is 19.6. The average Bonchev–Trinajstić information content (AvgIpc) is 3.20. The highest BCUT2D eigenvalue weighted by Crippen LogP contribution is 2.36. The summed E-state index contributed by atoms with van der Waals surface area (Å²) in [6, 6.07) is 23.7. The minimum absolute atomic E-state index is 0.0948. The zero-order chi connectivity index (χ0) is 29.1. The number of fused-ring (bicyclic) bond motifs is 1. The molecule has 0 unspecified atom stereocenters. The molecule has 208 valence electrons. The van der Waals surface area contributed by atoms with Crippen LogP contribution in [0.2, 0.25) is 0 Å². The van der Waals surface area contributed by atoms with Gasteiger partial charge in [0.2, 0.25) is 5.91 Å². The fourth-order valence-corrected chi connectivity index (χ4v) is 6.00. The number of methoxy groups -OCH3 is 1. The van der Waals surface area contributed by atoms with Gasteiger partial charge in [0.15, 0.2) is 11.5 Å². The molecule has 0 aliphatic carbocycles. The zero-order valence-electron chi connectivity index (χ0n) is 22.0. The number of anilines is 1. The van der Waals surface area contributed by atoms with Gasteiger partial charge in [-0.2, -0.15) is 8.42 Å². The van der Waals surface area contributed by atoms with Crippen molar-refractivity contribution < 1.29 is 31.7 Å². The largest absolute Gasteiger partial charge is 0.493 e. The third-order valence-electron chi connectivity index (χ3n) is 6.18. The van der Waals surface area contributed by atoms with E-state index in [0.717, 1.165) is 28.1 Å². The van der Waals surface area contributed by atoms with Crippen LogP contribution in [0.25, 0.3) is 16.8 Å². The lowest BCUT2D eigenvalue weighted by molar-refractivity contribution is -0.123. The second-order valence-corrected chi connectivity index (χ2v) is 11.6. The van der Waals surface area contributed by atoms with Crippen molar-refractivity contribution in [3.63, 3.8) is 0 Å². The summed E-state index contributed by atoms with van der Waals surface area (Å²) in [5.41, 5.74) is 1.70. The van der Waals surface area contributed by atoms with Crippen molar-refractivity contribution in [2.24, 2.45) is 0 Å². The Hall–Kier alpha value is -4.61. The minimum Gasteiger partial charge on any atom is -0.493 e. The predicted molar refractivity (Wildman–Crippen MR) is 157 cm³/mol. The van der Waals surface area contributed by atoms with Crippen molar-refractivity contribution in [1.82, 2.24) is 4.90 Å². The number of rotatable bonds is 8. The van der Waals surface area contributed by atoms with Crippen molar-refractivity contribution in [2.75, 3.05) is 12.4 Å². The smallest absolute Gasteiger partial charge is 0.339 e. The molecule has 41 heavy (non-hydrogen) atoms. The van der Waals surface area contributed by atoms with Crippen LogP contribution in [0.5, 0.6) is 11.5 Å². The number of ether oxygens (including phenoxy) is 1. The molecular weight excluding hydrogens is 564 g/mol. The van der Waals surface area contributed by atoms with Gasteiger partial charge in [0.25, 0.3) is 11.1 Å². The Kier molecular flexibility index (Phi) is 7.82. The topological polar surface area (TPSA) is 119 Å². The van der Waals surface area contributed by atoms with Gasteiger partial charge < -0.3 is 14.2 Å². The van der Waals surface area contributed by atoms with Crippen LogP contribution < -0.4 is 14.2 Å². The lowest BCUT2D eigenvalue weighted by atomic mass is 10.1. The molecule has 0 radical (unpaired) electrons. The number of imide groups is 1. The van der Waals surface area contributed by atoms with Gasteiger partial charge in [-0.15, -0.1) is 0 Å². The summed E-state index contributed by atoms with van der Waals surface area (Å²) in [5, 5.41) is 4.24. The lowest BCUT2D eigenvalue weighted by Crippen LogP contribution is -2.27. The van der Waals surface area contributed by atoms with Crippen molar-refractivity contribution in [3.05, 3.63) is 101 Å². The van der Waals surface area contributed by atoms with Crippen LogP contribution in [-0.2, 0) is 26.3 Å². The number of benzene rings is 4. The molecule has 1 fully saturated rings. The van der Waals surface area contributed by atoms with Crippen LogP contribution in [0.1, 0.15) is 18.1 Å². The normalized spacial score (nSPS) is 14.5. The van der Waals surface area contributed by atoms with Crippen molar-refractivity contribution in [2.45, 2.75) is 18.4 Å². The van der Waals surface area contributed by atoms with E-state index < -0.39 is 21.3 Å². The van der Waals surface area contributed by atoms with Crippen LogP contribution in [0.3, 0.4) is 0 Å². The number of nitrogens with zero attached hydrogens (tertiary/aromatic N) is 1. The first-order valence-electron chi connectivity index (χ1n) is 12.4. The van der Waals surface area contributed by atoms with Gasteiger partial charge in [-0.05, 0) is 82.2 Å². The van der Waals surface area contributed by atoms with E-state index in [0.29, 0.717) is 11.3 Å². The van der Waals surface area contributed by atoms with Crippen LogP contribution in [0.15, 0.2) is 94.7 Å². The van der Waals surface area contributed by atoms with Crippen LogP contribution >= 0.6 is 11.8 Å². The summed E-state index contributed by atoms with van der Waals surface area (Å²) in [6.45, 7) is 1.47. The Balaban J connectivity index is 1.36. The number of amides is 3. The highest BCUT2D eigenvalue weighted by molar-refractivity contribution is 8.18. The molecule has 1 aliphatic rings. The molecule has 1 aliphatic heterocycles. The van der Waals surface area contributed by atoms with Crippen LogP contribution in [-0.4, -0.2) is 37.5 Å². The van der Waals surface area contributed by atoms with Crippen molar-refractivity contribution in [3.8, 4) is 11.5 Å². The third kappa shape index (κ3) is 6.26. The monoisotopic (exact) mass is 588 g/mol. The number of hydrogen-bond acceptors (Lipinski definition) is 8. The summed E-state index contributed by atoms with van der Waals surface area (Å²) in [4.78, 5) is 38.3. The zero-order valence-corrected chi connectivity index (χ0v) is 23.6. The second kappa shape index (κ2) is 11.5. The maximum absolute atomic E-state index is 13.1. The maximum Gasteiger partial charge on any atom is 0.339 e. The van der Waals surface area contributed by atoms with Gasteiger partial charge in [0.05, 0.1) is 18.6 Å². The molecule has 0 bridgehead atoms. The quantitative estimate of drug-likeness (QED) is 0.202. The van der Waals surface area contributed by atoms with E-state index in [-0.39, 0.29) is 33.8 Å². The van der Waals surface area contributed by atoms with E-state index in [1.807, 2.05) is 42.5 Å². The van der Waals surface area contributed by atoms with Gasteiger partial charge >= 0.3 is 10.1 Å². The van der Waals surface area contributed by atoms with Crippen molar-refractivity contribution >= 4 is 61.5 Å². The summed E-state index contributed by atoms with van der Waals surface area (Å²) in [5.74, 6) is -0.671. The Labute approximate surface area is 240 Å². The first kappa shape index (κ1) is 27.9. The highest BCUT2D eigenvalue weighted by atomic mass is 32.2. The molecule has 0 atom stereocenters. The molecule has 9 nitrogen and oxygen atoms in total. The summed E-state index contributed by atoms with van der Waals surface area (Å²) in [6.07, 6.45) is 1.51. The Bertz CT molecular complexity index is 1820. The molecule has 5 rings (SSSR count). The van der Waals surface area contributed by atoms with Gasteiger partial charge in [0, 0.05) is 12.6 Å². The van der Waals surface area contributed by atoms with Crippen LogP contribution in [0.4, 0.5) is 10.5 Å². The second-order valence-electron chi connectivity index (χ2n) is 9.10. The van der Waals surface area contributed by atoms with E-state index in [4.69, 9.17) is 8.92 Å². The lowest BCUT2D eigenvalue weighted by Gasteiger charge is -2.13. The summed E-state index contributed by atoms with van der Waals surface area (Å²) in [7, 11) is -2.89. The number of nitrogens with one attached hydrogen (secondary N) is 1. The first-order valence-corrected chi connectivity index (χ1v) is 14.6. The molecule has 0 saturated carbocycles. The highest BCUT2D eigenvalue weighted by Gasteiger charge is 2.35.